The van der Waals surface area contributed by atoms with Crippen molar-refractivity contribution in [2.24, 2.45) is 0 Å². The summed E-state index contributed by atoms with van der Waals surface area (Å²) in [6, 6.07) is 6.46. The molecule has 0 bridgehead atoms. The zero-order valence-corrected chi connectivity index (χ0v) is 21.2. The lowest BCUT2D eigenvalue weighted by atomic mass is 9.96. The Labute approximate surface area is 214 Å². The number of nitrogens with zero attached hydrogens (tertiary/aromatic N) is 4. The third-order valence-corrected chi connectivity index (χ3v) is 6.39. The molecule has 2 aromatic rings. The number of rotatable bonds is 7. The van der Waals surface area contributed by atoms with Crippen LogP contribution in [0.1, 0.15) is 57.8 Å². The van der Waals surface area contributed by atoms with Gasteiger partial charge < -0.3 is 20.7 Å². The number of alkyl carbamates (subject to hydrolysis) is 1. The summed E-state index contributed by atoms with van der Waals surface area (Å²) < 4.78 is 5.35. The van der Waals surface area contributed by atoms with E-state index in [1.54, 1.807) is 32.9 Å². The number of aromatic amines is 1. The molecule has 13 nitrogen and oxygen atoms in total. The summed E-state index contributed by atoms with van der Waals surface area (Å²) in [6.45, 7) is 4.96. The van der Waals surface area contributed by atoms with Gasteiger partial charge in [-0.15, -0.1) is 10.2 Å². The van der Waals surface area contributed by atoms with Crippen molar-refractivity contribution in [1.29, 1.82) is 0 Å². The van der Waals surface area contributed by atoms with Crippen molar-refractivity contribution < 1.29 is 23.9 Å². The van der Waals surface area contributed by atoms with Crippen LogP contribution in [0.3, 0.4) is 0 Å². The predicted octanol–water partition coefficient (Wildman–Crippen LogP) is 0.728. The van der Waals surface area contributed by atoms with E-state index in [0.29, 0.717) is 30.8 Å². The molecule has 1 aliphatic carbocycles. The van der Waals surface area contributed by atoms with Crippen LogP contribution in [0.2, 0.25) is 0 Å². The number of aromatic nitrogens is 4. The average Bonchev–Trinajstić information content (AvgIpc) is 3.59. The van der Waals surface area contributed by atoms with Crippen molar-refractivity contribution in [1.82, 2.24) is 36.6 Å². The first-order valence-electron chi connectivity index (χ1n) is 12.3. The highest BCUT2D eigenvalue weighted by molar-refractivity contribution is 6.05. The van der Waals surface area contributed by atoms with E-state index >= 15 is 0 Å². The minimum atomic E-state index is -1.15. The number of ether oxygens (including phenoxy) is 1. The van der Waals surface area contributed by atoms with E-state index in [-0.39, 0.29) is 19.0 Å². The van der Waals surface area contributed by atoms with Crippen LogP contribution in [0.5, 0.6) is 0 Å². The van der Waals surface area contributed by atoms with E-state index in [1.165, 1.54) is 4.90 Å². The van der Waals surface area contributed by atoms with Crippen LogP contribution in [0.15, 0.2) is 24.3 Å². The summed E-state index contributed by atoms with van der Waals surface area (Å²) in [5, 5.41) is 21.6. The first kappa shape index (κ1) is 26.0. The van der Waals surface area contributed by atoms with Crippen molar-refractivity contribution in [3.05, 3.63) is 35.7 Å². The Morgan fingerprint density at radius 1 is 1.14 bits per heavy atom. The molecule has 2 heterocycles. The van der Waals surface area contributed by atoms with E-state index in [0.717, 1.165) is 18.4 Å². The highest BCUT2D eigenvalue weighted by atomic mass is 16.6. The number of carbonyl (C=O) groups excluding carboxylic acids is 4. The van der Waals surface area contributed by atoms with Gasteiger partial charge in [0.25, 0.3) is 0 Å². The lowest BCUT2D eigenvalue weighted by molar-refractivity contribution is -0.130. The Kier molecular flexibility index (Phi) is 7.41. The smallest absolute Gasteiger partial charge is 0.408 e. The second kappa shape index (κ2) is 10.5. The van der Waals surface area contributed by atoms with Crippen molar-refractivity contribution in [3.8, 4) is 0 Å². The molecule has 1 saturated carbocycles. The Bertz CT molecular complexity index is 1150. The average molecular weight is 513 g/mol. The summed E-state index contributed by atoms with van der Waals surface area (Å²) >= 11 is 0. The van der Waals surface area contributed by atoms with Crippen molar-refractivity contribution >= 4 is 29.5 Å². The molecule has 4 N–H and O–H groups in total. The summed E-state index contributed by atoms with van der Waals surface area (Å²) in [5.41, 5.74) is -0.393. The fourth-order valence-corrected chi connectivity index (χ4v) is 4.74. The molecule has 0 spiro atoms. The van der Waals surface area contributed by atoms with Crippen LogP contribution in [0, 0.1) is 0 Å². The van der Waals surface area contributed by atoms with Crippen LogP contribution >= 0.6 is 0 Å². The summed E-state index contributed by atoms with van der Waals surface area (Å²) in [5.74, 6) is -0.953. The number of hydrogen-bond acceptors (Lipinski definition) is 8. The maximum Gasteiger partial charge on any atom is 0.408 e. The number of anilines is 1. The van der Waals surface area contributed by atoms with Gasteiger partial charge in [0.2, 0.25) is 17.7 Å². The molecule has 1 atom stereocenters. The zero-order valence-electron chi connectivity index (χ0n) is 21.2. The summed E-state index contributed by atoms with van der Waals surface area (Å²) in [7, 11) is 0. The van der Waals surface area contributed by atoms with Crippen LogP contribution in [-0.2, 0) is 32.1 Å². The Hall–Kier alpha value is -4.03. The monoisotopic (exact) mass is 512 g/mol. The van der Waals surface area contributed by atoms with E-state index in [4.69, 9.17) is 4.74 Å². The highest BCUT2D eigenvalue weighted by Gasteiger charge is 2.44. The largest absolute Gasteiger partial charge is 0.444 e. The van der Waals surface area contributed by atoms with E-state index in [9.17, 15) is 19.2 Å². The van der Waals surface area contributed by atoms with Crippen molar-refractivity contribution in [2.45, 2.75) is 76.6 Å². The molecule has 198 valence electrons. The molecule has 2 aliphatic rings. The number of carbonyl (C=O) groups is 4. The number of tetrazole rings is 1. The van der Waals surface area contributed by atoms with Crippen molar-refractivity contribution in [3.63, 3.8) is 0 Å². The Morgan fingerprint density at radius 2 is 1.86 bits per heavy atom. The van der Waals surface area contributed by atoms with Crippen LogP contribution < -0.4 is 20.9 Å². The first-order chi connectivity index (χ1) is 17.6. The van der Waals surface area contributed by atoms with Crippen LogP contribution in [0.25, 0.3) is 0 Å². The fraction of sp³-hybridized carbons (Fsp3) is 0.542. The van der Waals surface area contributed by atoms with E-state index in [2.05, 4.69) is 36.6 Å². The number of fused-ring (bicyclic) bond motifs is 1. The second-order valence-corrected chi connectivity index (χ2v) is 10.3. The topological polar surface area (TPSA) is 171 Å². The minimum Gasteiger partial charge on any atom is -0.444 e. The number of benzene rings is 1. The maximum atomic E-state index is 13.4. The molecule has 0 radical (unpaired) electrons. The third-order valence-electron chi connectivity index (χ3n) is 6.39. The number of H-pyrrole nitrogens is 1. The highest BCUT2D eigenvalue weighted by Crippen LogP contribution is 2.33. The van der Waals surface area contributed by atoms with Gasteiger partial charge >= 0.3 is 6.09 Å². The van der Waals surface area contributed by atoms with Gasteiger partial charge in [-0.05, 0) is 45.2 Å². The third kappa shape index (κ3) is 6.04. The van der Waals surface area contributed by atoms with Crippen molar-refractivity contribution in [2.75, 3.05) is 11.4 Å². The normalized spacial score (nSPS) is 18.1. The number of hydrogen-bond donors (Lipinski definition) is 4. The predicted molar refractivity (Wildman–Crippen MR) is 131 cm³/mol. The Balaban J connectivity index is 1.43. The number of amides is 4. The molecule has 4 rings (SSSR count). The summed E-state index contributed by atoms with van der Waals surface area (Å²) in [6.07, 6.45) is 2.07. The van der Waals surface area contributed by atoms with Gasteiger partial charge in [0.05, 0.1) is 13.1 Å². The van der Waals surface area contributed by atoms with Gasteiger partial charge in [-0.1, -0.05) is 36.3 Å². The maximum absolute atomic E-state index is 13.4. The van der Waals surface area contributed by atoms with Gasteiger partial charge in [0.1, 0.15) is 17.2 Å². The molecule has 0 unspecified atom stereocenters. The standard InChI is InChI=1S/C24H32N8O5/c1-23(2,3)37-22(36)27-24(10-6-7-11-24)21(35)26-14-19(33)32-16-9-5-4-8-15(16)12-17(32)20(34)25-13-18-28-30-31-29-18/h4-5,8-9,17H,6-7,10-14H2,1-3H3,(H,25,34)(H,26,35)(H,27,36)(H,28,29,30,31)/t17-/m0/s1. The molecule has 37 heavy (non-hydrogen) atoms. The fourth-order valence-electron chi connectivity index (χ4n) is 4.74. The molecule has 4 amide bonds. The summed E-state index contributed by atoms with van der Waals surface area (Å²) in [4.78, 5) is 53.4. The van der Waals surface area contributed by atoms with Crippen LogP contribution in [0.4, 0.5) is 10.5 Å². The van der Waals surface area contributed by atoms with E-state index in [1.807, 2.05) is 12.1 Å². The first-order valence-corrected chi connectivity index (χ1v) is 12.3. The zero-order chi connectivity index (χ0) is 26.6. The molecule has 0 saturated heterocycles. The molecular formula is C24H32N8O5. The van der Waals surface area contributed by atoms with Gasteiger partial charge in [0.15, 0.2) is 5.82 Å². The van der Waals surface area contributed by atoms with Gasteiger partial charge in [-0.3, -0.25) is 19.3 Å². The molecule has 1 aromatic carbocycles. The molecule has 1 aliphatic heterocycles. The molecule has 1 fully saturated rings. The quantitative estimate of drug-likeness (QED) is 0.420. The SMILES string of the molecule is CC(C)(C)OC(=O)NC1(C(=O)NCC(=O)N2c3ccccc3C[C@H]2C(=O)NCc2nn[nH]n2)CCCC1. The van der Waals surface area contributed by atoms with Gasteiger partial charge in [-0.25, -0.2) is 4.79 Å². The van der Waals surface area contributed by atoms with Gasteiger partial charge in [0, 0.05) is 12.1 Å². The number of nitrogens with one attached hydrogen (secondary N) is 4. The lowest BCUT2D eigenvalue weighted by Crippen LogP contribution is -2.59. The van der Waals surface area contributed by atoms with Crippen LogP contribution in [-0.4, -0.2) is 68.2 Å². The lowest BCUT2D eigenvalue weighted by Gasteiger charge is -2.31. The Morgan fingerprint density at radius 3 is 2.54 bits per heavy atom. The number of para-hydroxylation sites is 1. The molecule has 13 heteroatoms. The van der Waals surface area contributed by atoms with E-state index < -0.39 is 35.1 Å². The minimum absolute atomic E-state index is 0.0554. The molecule has 1 aromatic heterocycles. The van der Waals surface area contributed by atoms with Gasteiger partial charge in [-0.2, -0.15) is 5.21 Å². The molecular weight excluding hydrogens is 480 g/mol. The second-order valence-electron chi connectivity index (χ2n) is 10.3.